The lowest BCUT2D eigenvalue weighted by Crippen LogP contribution is -2.26. The first-order chi connectivity index (χ1) is 5.92. The lowest BCUT2D eigenvalue weighted by atomic mass is 10.3. The molecule has 1 aromatic heterocycles. The Morgan fingerprint density at radius 1 is 1.75 bits per heavy atom. The molecule has 0 aliphatic carbocycles. The van der Waals surface area contributed by atoms with Gasteiger partial charge in [0.15, 0.2) is 0 Å². The highest BCUT2D eigenvalue weighted by atomic mass is 32.2. The van der Waals surface area contributed by atoms with E-state index in [-0.39, 0.29) is 0 Å². The molecule has 0 radical (unpaired) electrons. The van der Waals surface area contributed by atoms with E-state index in [1.807, 2.05) is 25.0 Å². The first-order valence-electron chi connectivity index (χ1n) is 4.16. The molecule has 4 heteroatoms. The average molecular weight is 183 g/mol. The molecular weight excluding hydrogens is 170 g/mol. The predicted octanol–water partition coefficient (Wildman–Crippen LogP) is 0.890. The van der Waals surface area contributed by atoms with Crippen LogP contribution in [0.2, 0.25) is 0 Å². The Balaban J connectivity index is 2.12. The summed E-state index contributed by atoms with van der Waals surface area (Å²) in [5.74, 6) is 2.44. The van der Waals surface area contributed by atoms with Crippen molar-refractivity contribution in [1.82, 2.24) is 15.1 Å². The Morgan fingerprint density at radius 3 is 3.17 bits per heavy atom. The molecule has 1 N–H and O–H groups in total. The van der Waals surface area contributed by atoms with Crippen molar-refractivity contribution in [2.75, 3.05) is 18.6 Å². The van der Waals surface area contributed by atoms with Crippen LogP contribution in [0.5, 0.6) is 0 Å². The highest BCUT2D eigenvalue weighted by Crippen LogP contribution is 2.29. The normalized spacial score (nSPS) is 17.8. The summed E-state index contributed by atoms with van der Waals surface area (Å²) >= 11 is 1.99. The summed E-state index contributed by atoms with van der Waals surface area (Å²) in [6, 6.07) is 2.73. The molecular formula is C8H13N3S. The monoisotopic (exact) mass is 183 g/mol. The second-order valence-electron chi connectivity index (χ2n) is 2.99. The van der Waals surface area contributed by atoms with Crippen LogP contribution >= 0.6 is 11.8 Å². The standard InChI is InChI=1S/C8H13N3S/c1-9-4-7-2-3-10-11(7)8-5-12-6-8/h2-3,8-9H,4-6H2,1H3. The van der Waals surface area contributed by atoms with Crippen molar-refractivity contribution >= 4 is 11.8 Å². The van der Waals surface area contributed by atoms with Crippen LogP contribution in [0.4, 0.5) is 0 Å². The minimum Gasteiger partial charge on any atom is -0.314 e. The largest absolute Gasteiger partial charge is 0.314 e. The summed E-state index contributed by atoms with van der Waals surface area (Å²) < 4.78 is 2.15. The first kappa shape index (κ1) is 8.13. The maximum Gasteiger partial charge on any atom is 0.0703 e. The summed E-state index contributed by atoms with van der Waals surface area (Å²) in [6.07, 6.45) is 1.88. The molecule has 2 heterocycles. The van der Waals surface area contributed by atoms with Crippen LogP contribution in [-0.4, -0.2) is 28.3 Å². The van der Waals surface area contributed by atoms with Gasteiger partial charge in [0.2, 0.25) is 0 Å². The third-order valence-electron chi connectivity index (χ3n) is 2.08. The van der Waals surface area contributed by atoms with Gasteiger partial charge in [-0.25, -0.2) is 0 Å². The number of hydrogen-bond acceptors (Lipinski definition) is 3. The van der Waals surface area contributed by atoms with Gasteiger partial charge in [-0.2, -0.15) is 16.9 Å². The molecule has 3 nitrogen and oxygen atoms in total. The smallest absolute Gasteiger partial charge is 0.0703 e. The van der Waals surface area contributed by atoms with Crippen LogP contribution in [0.15, 0.2) is 12.3 Å². The zero-order chi connectivity index (χ0) is 8.39. The van der Waals surface area contributed by atoms with Crippen molar-refractivity contribution < 1.29 is 0 Å². The van der Waals surface area contributed by atoms with Crippen LogP contribution in [0, 0.1) is 0 Å². The van der Waals surface area contributed by atoms with Crippen LogP contribution in [0.3, 0.4) is 0 Å². The van der Waals surface area contributed by atoms with E-state index in [2.05, 4.69) is 21.2 Å². The zero-order valence-corrected chi connectivity index (χ0v) is 7.97. The summed E-state index contributed by atoms with van der Waals surface area (Å²) in [5.41, 5.74) is 1.29. The molecule has 12 heavy (non-hydrogen) atoms. The van der Waals surface area contributed by atoms with Gasteiger partial charge in [-0.3, -0.25) is 4.68 Å². The Bertz CT molecular complexity index is 255. The Labute approximate surface area is 76.5 Å². The minimum absolute atomic E-state index is 0.647. The van der Waals surface area contributed by atoms with Gasteiger partial charge >= 0.3 is 0 Å². The second-order valence-corrected chi connectivity index (χ2v) is 4.06. The van der Waals surface area contributed by atoms with Gasteiger partial charge in [0.1, 0.15) is 0 Å². The van der Waals surface area contributed by atoms with Crippen molar-refractivity contribution in [2.24, 2.45) is 0 Å². The van der Waals surface area contributed by atoms with E-state index >= 15 is 0 Å². The second kappa shape index (κ2) is 3.49. The number of nitrogens with one attached hydrogen (secondary N) is 1. The average Bonchev–Trinajstić information content (AvgIpc) is 2.35. The molecule has 1 aromatic rings. The Morgan fingerprint density at radius 2 is 2.58 bits per heavy atom. The van der Waals surface area contributed by atoms with E-state index in [1.165, 1.54) is 17.2 Å². The molecule has 1 aliphatic heterocycles. The molecule has 0 amide bonds. The lowest BCUT2D eigenvalue weighted by molar-refractivity contribution is 0.497. The van der Waals surface area contributed by atoms with Crippen molar-refractivity contribution in [3.05, 3.63) is 18.0 Å². The summed E-state index contributed by atoms with van der Waals surface area (Å²) in [4.78, 5) is 0. The fraction of sp³-hybridized carbons (Fsp3) is 0.625. The molecule has 0 aromatic carbocycles. The Hall–Kier alpha value is -0.480. The quantitative estimate of drug-likeness (QED) is 0.755. The van der Waals surface area contributed by atoms with Gasteiger partial charge in [0.05, 0.1) is 11.7 Å². The van der Waals surface area contributed by atoms with E-state index < -0.39 is 0 Å². The van der Waals surface area contributed by atoms with Crippen molar-refractivity contribution in [1.29, 1.82) is 0 Å². The number of rotatable bonds is 3. The maximum absolute atomic E-state index is 4.32. The maximum atomic E-state index is 4.32. The lowest BCUT2D eigenvalue weighted by Gasteiger charge is -2.26. The van der Waals surface area contributed by atoms with Crippen molar-refractivity contribution in [2.45, 2.75) is 12.6 Å². The third-order valence-corrected chi connectivity index (χ3v) is 3.32. The van der Waals surface area contributed by atoms with Crippen LogP contribution < -0.4 is 5.32 Å². The minimum atomic E-state index is 0.647. The first-order valence-corrected chi connectivity index (χ1v) is 5.32. The molecule has 0 bridgehead atoms. The van der Waals surface area contributed by atoms with E-state index in [0.717, 1.165) is 6.54 Å². The van der Waals surface area contributed by atoms with Gasteiger partial charge in [0, 0.05) is 24.2 Å². The molecule has 1 saturated heterocycles. The third kappa shape index (κ3) is 1.36. The molecule has 1 fully saturated rings. The molecule has 2 rings (SSSR count). The molecule has 0 unspecified atom stereocenters. The van der Waals surface area contributed by atoms with Crippen LogP contribution in [0.1, 0.15) is 11.7 Å². The van der Waals surface area contributed by atoms with E-state index in [0.29, 0.717) is 6.04 Å². The number of nitrogens with zero attached hydrogens (tertiary/aromatic N) is 2. The van der Waals surface area contributed by atoms with Gasteiger partial charge in [-0.05, 0) is 13.1 Å². The highest BCUT2D eigenvalue weighted by molar-refractivity contribution is 8.00. The van der Waals surface area contributed by atoms with Crippen molar-refractivity contribution in [3.8, 4) is 0 Å². The number of hydrogen-bond donors (Lipinski definition) is 1. The summed E-state index contributed by atoms with van der Waals surface area (Å²) in [6.45, 7) is 0.918. The van der Waals surface area contributed by atoms with E-state index in [4.69, 9.17) is 0 Å². The van der Waals surface area contributed by atoms with Crippen LogP contribution in [-0.2, 0) is 6.54 Å². The summed E-state index contributed by atoms with van der Waals surface area (Å²) in [7, 11) is 1.97. The van der Waals surface area contributed by atoms with Gasteiger partial charge in [0.25, 0.3) is 0 Å². The fourth-order valence-electron chi connectivity index (χ4n) is 1.36. The Kier molecular flexibility index (Phi) is 2.37. The summed E-state index contributed by atoms with van der Waals surface area (Å²) in [5, 5.41) is 7.47. The van der Waals surface area contributed by atoms with E-state index in [9.17, 15) is 0 Å². The van der Waals surface area contributed by atoms with Gasteiger partial charge in [-0.1, -0.05) is 0 Å². The van der Waals surface area contributed by atoms with Gasteiger partial charge in [-0.15, -0.1) is 0 Å². The topological polar surface area (TPSA) is 29.9 Å². The SMILES string of the molecule is CNCc1ccnn1C1CSC1. The van der Waals surface area contributed by atoms with Gasteiger partial charge < -0.3 is 5.32 Å². The zero-order valence-electron chi connectivity index (χ0n) is 7.16. The van der Waals surface area contributed by atoms with Crippen LogP contribution in [0.25, 0.3) is 0 Å². The fourth-order valence-corrected chi connectivity index (χ4v) is 2.08. The molecule has 1 aliphatic rings. The van der Waals surface area contributed by atoms with E-state index in [1.54, 1.807) is 0 Å². The molecule has 66 valence electrons. The number of thioether (sulfide) groups is 1. The number of aromatic nitrogens is 2. The molecule has 0 atom stereocenters. The molecule has 0 saturated carbocycles. The van der Waals surface area contributed by atoms with Crippen molar-refractivity contribution in [3.63, 3.8) is 0 Å². The predicted molar refractivity (Wildman–Crippen MR) is 51.4 cm³/mol. The molecule has 0 spiro atoms. The highest BCUT2D eigenvalue weighted by Gasteiger charge is 2.22.